The standard InChI is InChI=1S/C21H42S/c1-3-5-6-7-8-9-10-11-12-13-14-15-16-17-18-19-21-22-20-4-2/h21H,1,3-20H2,2H3. The topological polar surface area (TPSA) is 0 Å². The van der Waals surface area contributed by atoms with Crippen LogP contribution in [0.3, 0.4) is 0 Å². The van der Waals surface area contributed by atoms with E-state index in [0.717, 1.165) is 6.42 Å². The fourth-order valence-corrected chi connectivity index (χ4v) is 3.55. The van der Waals surface area contributed by atoms with Gasteiger partial charge in [-0.25, -0.2) is 0 Å². The maximum atomic E-state index is 3.90. The third kappa shape index (κ3) is 20.3. The molecular formula is C21H42S. The molecule has 0 saturated carbocycles. The lowest BCUT2D eigenvalue weighted by atomic mass is 10.0. The maximum Gasteiger partial charge on any atom is 0.0166 e. The van der Waals surface area contributed by atoms with Gasteiger partial charge in [0.1, 0.15) is 0 Å². The Bertz CT molecular complexity index is 159. The third-order valence-electron chi connectivity index (χ3n) is 4.26. The van der Waals surface area contributed by atoms with E-state index in [1.165, 1.54) is 108 Å². The van der Waals surface area contributed by atoms with Crippen LogP contribution in [0.1, 0.15) is 116 Å². The fraction of sp³-hybridized carbons (Fsp3) is 0.905. The van der Waals surface area contributed by atoms with Crippen LogP contribution in [0.2, 0.25) is 0 Å². The number of hydrogen-bond acceptors (Lipinski definition) is 1. The molecule has 0 nitrogen and oxygen atoms in total. The van der Waals surface area contributed by atoms with E-state index < -0.39 is 0 Å². The largest absolute Gasteiger partial charge is 0.157 e. The summed E-state index contributed by atoms with van der Waals surface area (Å²) in [7, 11) is 0. The van der Waals surface area contributed by atoms with E-state index in [0.29, 0.717) is 0 Å². The molecule has 2 radical (unpaired) electrons. The average Bonchev–Trinajstić information content (AvgIpc) is 2.54. The molecule has 0 aromatic rings. The highest BCUT2D eigenvalue weighted by atomic mass is 32.2. The highest BCUT2D eigenvalue weighted by Gasteiger charge is 1.95. The second-order valence-electron chi connectivity index (χ2n) is 6.63. The molecule has 0 aliphatic carbocycles. The first-order chi connectivity index (χ1) is 10.9. The predicted molar refractivity (Wildman–Crippen MR) is 106 cm³/mol. The van der Waals surface area contributed by atoms with Crippen molar-refractivity contribution in [2.75, 3.05) is 5.75 Å². The van der Waals surface area contributed by atoms with Crippen LogP contribution in [-0.2, 0) is 0 Å². The molecule has 132 valence electrons. The average molecular weight is 327 g/mol. The predicted octanol–water partition coefficient (Wildman–Crippen LogP) is 8.37. The van der Waals surface area contributed by atoms with Crippen molar-refractivity contribution in [1.82, 2.24) is 0 Å². The molecule has 0 unspecified atom stereocenters. The van der Waals surface area contributed by atoms with Crippen LogP contribution in [0, 0.1) is 12.7 Å². The van der Waals surface area contributed by atoms with Gasteiger partial charge in [0.15, 0.2) is 0 Å². The summed E-state index contributed by atoms with van der Waals surface area (Å²) in [5, 5.41) is 0. The summed E-state index contributed by atoms with van der Waals surface area (Å²) in [4.78, 5) is 0. The monoisotopic (exact) mass is 326 g/mol. The van der Waals surface area contributed by atoms with Gasteiger partial charge in [-0.15, -0.1) is 0 Å². The van der Waals surface area contributed by atoms with Crippen LogP contribution >= 0.6 is 11.8 Å². The Morgan fingerprint density at radius 3 is 1.45 bits per heavy atom. The van der Waals surface area contributed by atoms with E-state index in [-0.39, 0.29) is 0 Å². The van der Waals surface area contributed by atoms with Crippen molar-refractivity contribution < 1.29 is 0 Å². The first-order valence-electron chi connectivity index (χ1n) is 10.1. The van der Waals surface area contributed by atoms with Crippen LogP contribution in [-0.4, -0.2) is 5.75 Å². The molecule has 0 saturated heterocycles. The van der Waals surface area contributed by atoms with Crippen LogP contribution in [0.15, 0.2) is 0 Å². The van der Waals surface area contributed by atoms with Gasteiger partial charge in [0.05, 0.1) is 0 Å². The zero-order valence-electron chi connectivity index (χ0n) is 15.4. The molecule has 0 heterocycles. The molecule has 0 N–H and O–H groups in total. The van der Waals surface area contributed by atoms with Crippen LogP contribution in [0.25, 0.3) is 0 Å². The van der Waals surface area contributed by atoms with Crippen LogP contribution in [0.4, 0.5) is 0 Å². The summed E-state index contributed by atoms with van der Waals surface area (Å²) >= 11 is 2.01. The second kappa shape index (κ2) is 21.4. The van der Waals surface area contributed by atoms with Gasteiger partial charge in [-0.3, -0.25) is 0 Å². The third-order valence-corrected chi connectivity index (χ3v) is 5.38. The molecule has 0 rings (SSSR count). The molecule has 0 aromatic heterocycles. The van der Waals surface area contributed by atoms with Gasteiger partial charge >= 0.3 is 0 Å². The molecule has 0 spiro atoms. The SMILES string of the molecule is [CH2]CCCCCCCCCCCCCCCC[CH]SCCC. The van der Waals surface area contributed by atoms with Crippen LogP contribution < -0.4 is 0 Å². The quantitative estimate of drug-likeness (QED) is 0.215. The minimum Gasteiger partial charge on any atom is -0.157 e. The van der Waals surface area contributed by atoms with E-state index in [9.17, 15) is 0 Å². The van der Waals surface area contributed by atoms with Crippen molar-refractivity contribution in [3.05, 3.63) is 12.7 Å². The molecular weight excluding hydrogens is 284 g/mol. The minimum atomic E-state index is 1.12. The van der Waals surface area contributed by atoms with Crippen molar-refractivity contribution in [2.24, 2.45) is 0 Å². The Kier molecular flexibility index (Phi) is 21.7. The summed E-state index contributed by atoms with van der Waals surface area (Å²) < 4.78 is 0. The van der Waals surface area contributed by atoms with E-state index in [1.54, 1.807) is 0 Å². The Morgan fingerprint density at radius 2 is 1.05 bits per heavy atom. The van der Waals surface area contributed by atoms with Crippen molar-refractivity contribution in [1.29, 1.82) is 0 Å². The van der Waals surface area contributed by atoms with Crippen molar-refractivity contribution in [3.8, 4) is 0 Å². The van der Waals surface area contributed by atoms with Crippen molar-refractivity contribution in [2.45, 2.75) is 116 Å². The Balaban J connectivity index is 2.91. The smallest absolute Gasteiger partial charge is 0.0166 e. The Morgan fingerprint density at radius 1 is 0.636 bits per heavy atom. The zero-order valence-corrected chi connectivity index (χ0v) is 16.2. The molecule has 0 aliphatic heterocycles. The lowest BCUT2D eigenvalue weighted by Crippen LogP contribution is -1.83. The number of hydrogen-bond donors (Lipinski definition) is 0. The van der Waals surface area contributed by atoms with Gasteiger partial charge in [-0.1, -0.05) is 110 Å². The summed E-state index contributed by atoms with van der Waals surface area (Å²) in [5.41, 5.74) is 0. The lowest BCUT2D eigenvalue weighted by molar-refractivity contribution is 0.534. The number of unbranched alkanes of at least 4 members (excludes halogenated alkanes) is 15. The summed E-state index contributed by atoms with van der Waals surface area (Å²) in [6.07, 6.45) is 23.9. The van der Waals surface area contributed by atoms with Gasteiger partial charge in [-0.2, -0.15) is 11.8 Å². The number of thioether (sulfide) groups is 1. The van der Waals surface area contributed by atoms with E-state index in [1.807, 2.05) is 11.8 Å². The molecule has 0 amide bonds. The summed E-state index contributed by atoms with van der Waals surface area (Å²) in [6.45, 7) is 6.15. The summed E-state index contributed by atoms with van der Waals surface area (Å²) in [6, 6.07) is 0. The van der Waals surface area contributed by atoms with Gasteiger partial charge < -0.3 is 0 Å². The molecule has 0 atom stereocenters. The Labute approximate surface area is 146 Å². The van der Waals surface area contributed by atoms with Crippen molar-refractivity contribution in [3.63, 3.8) is 0 Å². The second-order valence-corrected chi connectivity index (χ2v) is 7.70. The van der Waals surface area contributed by atoms with Crippen LogP contribution in [0.5, 0.6) is 0 Å². The zero-order chi connectivity index (χ0) is 16.1. The Hall–Kier alpha value is 0.350. The molecule has 0 aromatic carbocycles. The van der Waals surface area contributed by atoms with Crippen molar-refractivity contribution >= 4 is 11.8 Å². The van der Waals surface area contributed by atoms with E-state index in [4.69, 9.17) is 0 Å². The molecule has 1 heteroatoms. The van der Waals surface area contributed by atoms with Gasteiger partial charge in [0.2, 0.25) is 0 Å². The number of rotatable bonds is 19. The molecule has 22 heavy (non-hydrogen) atoms. The fourth-order valence-electron chi connectivity index (χ4n) is 2.81. The first-order valence-corrected chi connectivity index (χ1v) is 11.2. The normalized spacial score (nSPS) is 11.2. The highest BCUT2D eigenvalue weighted by Crippen LogP contribution is 2.16. The highest BCUT2D eigenvalue weighted by molar-refractivity contribution is 8.01. The molecule has 0 fully saturated rings. The van der Waals surface area contributed by atoms with E-state index in [2.05, 4.69) is 19.6 Å². The maximum absolute atomic E-state index is 3.90. The molecule has 0 aliphatic rings. The lowest BCUT2D eigenvalue weighted by Gasteiger charge is -2.03. The first kappa shape index (κ1) is 22.4. The molecule has 0 bridgehead atoms. The summed E-state index contributed by atoms with van der Waals surface area (Å²) in [5.74, 6) is 3.72. The minimum absolute atomic E-state index is 1.12. The van der Waals surface area contributed by atoms with E-state index >= 15 is 0 Å². The van der Waals surface area contributed by atoms with Gasteiger partial charge in [0.25, 0.3) is 0 Å². The van der Waals surface area contributed by atoms with Gasteiger partial charge in [0, 0.05) is 5.75 Å². The van der Waals surface area contributed by atoms with Gasteiger partial charge in [-0.05, 0) is 18.6 Å².